The lowest BCUT2D eigenvalue weighted by molar-refractivity contribution is -0.144. The molecule has 5 nitrogen and oxygen atoms in total. The number of hydrogen-bond acceptors (Lipinski definition) is 5. The molecule has 19 heavy (non-hydrogen) atoms. The van der Waals surface area contributed by atoms with Crippen molar-refractivity contribution in [2.45, 2.75) is 19.4 Å². The molecule has 6 heteroatoms. The molecule has 2 N–H and O–H groups in total. The van der Waals surface area contributed by atoms with Crippen LogP contribution in [0.4, 0.5) is 0 Å². The van der Waals surface area contributed by atoms with Crippen molar-refractivity contribution in [3.8, 4) is 11.5 Å². The van der Waals surface area contributed by atoms with Crippen LogP contribution in [-0.2, 0) is 9.53 Å². The molecule has 0 radical (unpaired) electrons. The maximum atomic E-state index is 11.6. The van der Waals surface area contributed by atoms with Crippen LogP contribution in [0, 0.1) is 0 Å². The fraction of sp³-hybridized carbons (Fsp3) is 0.462. The topological polar surface area (TPSA) is 70.8 Å². The standard InChI is InChI=1S/C13H16ClNO4/c1-2-17-13(16)11(15)8-6-9(14)12-10(7-8)18-4-3-5-19-12/h6-7,11H,2-5,15H2,1H3. The number of ether oxygens (including phenoxy) is 3. The predicted octanol–water partition coefficient (Wildman–Crippen LogP) is 2.06. The Morgan fingerprint density at radius 2 is 2.21 bits per heavy atom. The van der Waals surface area contributed by atoms with Gasteiger partial charge in [-0.05, 0) is 24.6 Å². The first-order chi connectivity index (χ1) is 9.13. The summed E-state index contributed by atoms with van der Waals surface area (Å²) in [7, 11) is 0. The number of halogens is 1. The van der Waals surface area contributed by atoms with E-state index in [9.17, 15) is 4.79 Å². The molecule has 1 aromatic rings. The van der Waals surface area contributed by atoms with E-state index in [0.29, 0.717) is 35.3 Å². The number of rotatable bonds is 3. The molecule has 1 atom stereocenters. The second-order valence-corrected chi connectivity index (χ2v) is 4.52. The molecule has 0 aromatic heterocycles. The van der Waals surface area contributed by atoms with Crippen LogP contribution in [0.5, 0.6) is 11.5 Å². The van der Waals surface area contributed by atoms with Gasteiger partial charge in [-0.1, -0.05) is 11.6 Å². The van der Waals surface area contributed by atoms with Crippen molar-refractivity contribution in [2.24, 2.45) is 5.73 Å². The van der Waals surface area contributed by atoms with E-state index < -0.39 is 12.0 Å². The molecule has 104 valence electrons. The molecule has 0 bridgehead atoms. The minimum absolute atomic E-state index is 0.283. The van der Waals surface area contributed by atoms with Gasteiger partial charge in [0.2, 0.25) is 0 Å². The molecule has 0 fully saturated rings. The summed E-state index contributed by atoms with van der Waals surface area (Å²) in [6, 6.07) is 2.40. The van der Waals surface area contributed by atoms with Crippen molar-refractivity contribution in [2.75, 3.05) is 19.8 Å². The fourth-order valence-electron chi connectivity index (χ4n) is 1.80. The van der Waals surface area contributed by atoms with Gasteiger partial charge in [0.1, 0.15) is 6.04 Å². The van der Waals surface area contributed by atoms with Crippen LogP contribution >= 0.6 is 11.6 Å². The van der Waals surface area contributed by atoms with Crippen molar-refractivity contribution < 1.29 is 19.0 Å². The van der Waals surface area contributed by atoms with Gasteiger partial charge >= 0.3 is 5.97 Å². The van der Waals surface area contributed by atoms with Crippen molar-refractivity contribution in [1.29, 1.82) is 0 Å². The molecule has 0 saturated heterocycles. The van der Waals surface area contributed by atoms with Gasteiger partial charge in [0.15, 0.2) is 11.5 Å². The maximum absolute atomic E-state index is 11.6. The lowest BCUT2D eigenvalue weighted by Gasteiger charge is -2.15. The van der Waals surface area contributed by atoms with Crippen LogP contribution in [0.25, 0.3) is 0 Å². The Bertz CT molecular complexity index is 478. The summed E-state index contributed by atoms with van der Waals surface area (Å²) in [5, 5.41) is 0.383. The first kappa shape index (κ1) is 14.0. The monoisotopic (exact) mass is 285 g/mol. The van der Waals surface area contributed by atoms with Crippen LogP contribution < -0.4 is 15.2 Å². The quantitative estimate of drug-likeness (QED) is 0.861. The highest BCUT2D eigenvalue weighted by atomic mass is 35.5. The second kappa shape index (κ2) is 6.12. The molecule has 1 aliphatic rings. The molecule has 1 aromatic carbocycles. The second-order valence-electron chi connectivity index (χ2n) is 4.11. The number of benzene rings is 1. The maximum Gasteiger partial charge on any atom is 0.327 e. The average Bonchev–Trinajstić information content (AvgIpc) is 2.63. The molecule has 2 rings (SSSR count). The summed E-state index contributed by atoms with van der Waals surface area (Å²) in [6.07, 6.45) is 0.782. The zero-order valence-electron chi connectivity index (χ0n) is 10.6. The van der Waals surface area contributed by atoms with Crippen molar-refractivity contribution >= 4 is 17.6 Å². The Balaban J connectivity index is 2.30. The highest BCUT2D eigenvalue weighted by Gasteiger charge is 2.22. The van der Waals surface area contributed by atoms with Crippen LogP contribution in [0.1, 0.15) is 24.9 Å². The van der Waals surface area contributed by atoms with E-state index in [1.807, 2.05) is 0 Å². The summed E-state index contributed by atoms with van der Waals surface area (Å²) in [6.45, 7) is 3.10. The minimum Gasteiger partial charge on any atom is -0.489 e. The average molecular weight is 286 g/mol. The Morgan fingerprint density at radius 3 is 2.95 bits per heavy atom. The van der Waals surface area contributed by atoms with Crippen LogP contribution in [0.15, 0.2) is 12.1 Å². The van der Waals surface area contributed by atoms with E-state index in [0.717, 1.165) is 6.42 Å². The lowest BCUT2D eigenvalue weighted by Crippen LogP contribution is -2.23. The highest BCUT2D eigenvalue weighted by molar-refractivity contribution is 6.32. The number of carbonyl (C=O) groups is 1. The normalized spacial score (nSPS) is 15.5. The van der Waals surface area contributed by atoms with E-state index in [1.165, 1.54) is 0 Å². The summed E-state index contributed by atoms with van der Waals surface area (Å²) in [5.41, 5.74) is 6.38. The van der Waals surface area contributed by atoms with Gasteiger partial charge in [0.05, 0.1) is 24.8 Å². The molecule has 1 aliphatic heterocycles. The van der Waals surface area contributed by atoms with E-state index >= 15 is 0 Å². The highest BCUT2D eigenvalue weighted by Crippen LogP contribution is 2.39. The van der Waals surface area contributed by atoms with Crippen molar-refractivity contribution in [3.05, 3.63) is 22.7 Å². The Labute approximate surface area is 116 Å². The van der Waals surface area contributed by atoms with Crippen LogP contribution in [0.3, 0.4) is 0 Å². The predicted molar refractivity (Wildman–Crippen MR) is 70.6 cm³/mol. The first-order valence-corrected chi connectivity index (χ1v) is 6.52. The van der Waals surface area contributed by atoms with Crippen molar-refractivity contribution in [1.82, 2.24) is 0 Å². The van der Waals surface area contributed by atoms with Gasteiger partial charge < -0.3 is 19.9 Å². The van der Waals surface area contributed by atoms with Gasteiger partial charge in [-0.15, -0.1) is 0 Å². The molecule has 0 aliphatic carbocycles. The molecule has 0 spiro atoms. The first-order valence-electron chi connectivity index (χ1n) is 6.14. The third-order valence-corrected chi connectivity index (χ3v) is 3.00. The van der Waals surface area contributed by atoms with E-state index in [4.69, 9.17) is 31.5 Å². The minimum atomic E-state index is -0.880. The summed E-state index contributed by atoms with van der Waals surface area (Å²) in [5.74, 6) is 0.520. The fourth-order valence-corrected chi connectivity index (χ4v) is 2.07. The van der Waals surface area contributed by atoms with Gasteiger partial charge in [-0.25, -0.2) is 4.79 Å². The number of hydrogen-bond donors (Lipinski definition) is 1. The Hall–Kier alpha value is -1.46. The number of carbonyl (C=O) groups excluding carboxylic acids is 1. The summed E-state index contributed by atoms with van der Waals surface area (Å²) >= 11 is 6.13. The molecule has 0 amide bonds. The zero-order chi connectivity index (χ0) is 13.8. The van der Waals surface area contributed by atoms with E-state index in [1.54, 1.807) is 19.1 Å². The van der Waals surface area contributed by atoms with E-state index in [2.05, 4.69) is 0 Å². The third-order valence-electron chi connectivity index (χ3n) is 2.72. The lowest BCUT2D eigenvalue weighted by atomic mass is 10.1. The number of esters is 1. The van der Waals surface area contributed by atoms with Gasteiger partial charge in [0, 0.05) is 6.42 Å². The summed E-state index contributed by atoms with van der Waals surface area (Å²) < 4.78 is 15.9. The largest absolute Gasteiger partial charge is 0.489 e. The third kappa shape index (κ3) is 3.11. The zero-order valence-corrected chi connectivity index (χ0v) is 11.4. The summed E-state index contributed by atoms with van der Waals surface area (Å²) in [4.78, 5) is 11.6. The molecular formula is C13H16ClNO4. The Kier molecular flexibility index (Phi) is 4.50. The number of fused-ring (bicyclic) bond motifs is 1. The van der Waals surface area contributed by atoms with Crippen molar-refractivity contribution in [3.63, 3.8) is 0 Å². The van der Waals surface area contributed by atoms with Gasteiger partial charge in [-0.3, -0.25) is 0 Å². The smallest absolute Gasteiger partial charge is 0.327 e. The van der Waals surface area contributed by atoms with Gasteiger partial charge in [-0.2, -0.15) is 0 Å². The Morgan fingerprint density at radius 1 is 1.47 bits per heavy atom. The molecular weight excluding hydrogens is 270 g/mol. The van der Waals surface area contributed by atoms with Crippen LogP contribution in [-0.4, -0.2) is 25.8 Å². The molecule has 1 heterocycles. The molecule has 1 unspecified atom stereocenters. The van der Waals surface area contributed by atoms with Crippen LogP contribution in [0.2, 0.25) is 5.02 Å². The van der Waals surface area contributed by atoms with E-state index in [-0.39, 0.29) is 6.61 Å². The van der Waals surface area contributed by atoms with Gasteiger partial charge in [0.25, 0.3) is 0 Å². The SMILES string of the molecule is CCOC(=O)C(N)c1cc(Cl)c2c(c1)OCCCO2. The molecule has 0 saturated carbocycles. The number of nitrogens with two attached hydrogens (primary N) is 1.